The van der Waals surface area contributed by atoms with Gasteiger partial charge >= 0.3 is 0 Å². The number of benzene rings is 1. The van der Waals surface area contributed by atoms with Gasteiger partial charge in [-0.25, -0.2) is 24.0 Å². The Kier molecular flexibility index (Phi) is 5.91. The van der Waals surface area contributed by atoms with Crippen molar-refractivity contribution < 1.29 is 9.13 Å². The molecule has 0 spiro atoms. The Morgan fingerprint density at radius 3 is 2.64 bits per heavy atom. The standard InChI is InChI=1S/C27H30FN7O/c1-18-16-34(17-29-18)24-11-10-23(30-27(24)36-2)25-31-26-20(7-6-14-35(26)32-25)21-15-19(8-9-22(21)28)33-12-4-3-5-13-33/h8-11,15-17,20H,3-7,12-14H2,1-2H3/t20-/m0/s1. The summed E-state index contributed by atoms with van der Waals surface area (Å²) in [4.78, 5) is 16.2. The number of imidazole rings is 1. The highest BCUT2D eigenvalue weighted by atomic mass is 19.1. The van der Waals surface area contributed by atoms with Crippen LogP contribution in [0.5, 0.6) is 5.88 Å². The predicted molar refractivity (Wildman–Crippen MR) is 135 cm³/mol. The minimum atomic E-state index is -0.182. The Balaban J connectivity index is 1.34. The molecule has 1 atom stereocenters. The molecule has 0 aliphatic carbocycles. The second kappa shape index (κ2) is 9.37. The first-order valence-electron chi connectivity index (χ1n) is 12.7. The van der Waals surface area contributed by atoms with Crippen LogP contribution in [0.3, 0.4) is 0 Å². The van der Waals surface area contributed by atoms with Gasteiger partial charge in [-0.15, -0.1) is 5.10 Å². The molecular formula is C27H30FN7O. The Bertz CT molecular complexity index is 1390. The van der Waals surface area contributed by atoms with Crippen molar-refractivity contribution in [3.05, 3.63) is 65.8 Å². The van der Waals surface area contributed by atoms with E-state index in [2.05, 4.69) is 9.88 Å². The number of methoxy groups -OCH3 is 1. The fourth-order valence-electron chi connectivity index (χ4n) is 5.36. The van der Waals surface area contributed by atoms with Gasteiger partial charge in [0.25, 0.3) is 0 Å². The van der Waals surface area contributed by atoms with Gasteiger partial charge < -0.3 is 14.2 Å². The van der Waals surface area contributed by atoms with Gasteiger partial charge in [0.1, 0.15) is 23.0 Å². The molecular weight excluding hydrogens is 457 g/mol. The minimum absolute atomic E-state index is 0.139. The molecule has 2 aliphatic heterocycles. The summed E-state index contributed by atoms with van der Waals surface area (Å²) in [6.45, 7) is 4.75. The molecule has 0 unspecified atom stereocenters. The highest BCUT2D eigenvalue weighted by Crippen LogP contribution is 2.37. The van der Waals surface area contributed by atoms with E-state index in [0.717, 1.165) is 55.4 Å². The molecule has 0 bridgehead atoms. The Hall–Kier alpha value is -3.75. The maximum Gasteiger partial charge on any atom is 0.238 e. The molecule has 0 radical (unpaired) electrons. The molecule has 1 aromatic carbocycles. The number of ether oxygens (including phenoxy) is 1. The van der Waals surface area contributed by atoms with Gasteiger partial charge in [-0.1, -0.05) is 0 Å². The zero-order valence-electron chi connectivity index (χ0n) is 20.7. The van der Waals surface area contributed by atoms with Crippen molar-refractivity contribution in [1.29, 1.82) is 0 Å². The monoisotopic (exact) mass is 487 g/mol. The summed E-state index contributed by atoms with van der Waals surface area (Å²) in [5.74, 6) is 1.46. The van der Waals surface area contributed by atoms with E-state index in [1.807, 2.05) is 46.6 Å². The average molecular weight is 488 g/mol. The summed E-state index contributed by atoms with van der Waals surface area (Å²) in [7, 11) is 1.60. The lowest BCUT2D eigenvalue weighted by molar-refractivity contribution is 0.396. The minimum Gasteiger partial charge on any atom is -0.479 e. The molecule has 0 N–H and O–H groups in total. The van der Waals surface area contributed by atoms with Crippen molar-refractivity contribution in [1.82, 2.24) is 29.3 Å². The van der Waals surface area contributed by atoms with Gasteiger partial charge in [0, 0.05) is 43.0 Å². The highest BCUT2D eigenvalue weighted by molar-refractivity contribution is 5.56. The molecule has 0 saturated carbocycles. The van der Waals surface area contributed by atoms with Crippen LogP contribution in [-0.4, -0.2) is 49.5 Å². The highest BCUT2D eigenvalue weighted by Gasteiger charge is 2.29. The van der Waals surface area contributed by atoms with Crippen molar-refractivity contribution >= 4 is 5.69 Å². The second-order valence-corrected chi connectivity index (χ2v) is 9.61. The lowest BCUT2D eigenvalue weighted by atomic mass is 9.90. The Labute approximate surface area is 209 Å². The van der Waals surface area contributed by atoms with Gasteiger partial charge in [-0.05, 0) is 69.4 Å². The van der Waals surface area contributed by atoms with Crippen LogP contribution in [-0.2, 0) is 6.54 Å². The first-order chi connectivity index (χ1) is 17.6. The smallest absolute Gasteiger partial charge is 0.238 e. The average Bonchev–Trinajstić information content (AvgIpc) is 3.55. The van der Waals surface area contributed by atoms with Gasteiger partial charge in [0.2, 0.25) is 5.88 Å². The molecule has 1 fully saturated rings. The summed E-state index contributed by atoms with van der Waals surface area (Å²) in [5.41, 5.74) is 4.12. The first kappa shape index (κ1) is 22.7. The van der Waals surface area contributed by atoms with Crippen molar-refractivity contribution in [3.63, 3.8) is 0 Å². The third-order valence-electron chi connectivity index (χ3n) is 7.20. The van der Waals surface area contributed by atoms with Crippen LogP contribution >= 0.6 is 0 Å². The molecule has 3 aromatic heterocycles. The molecule has 6 rings (SSSR count). The van der Waals surface area contributed by atoms with Crippen molar-refractivity contribution in [2.24, 2.45) is 0 Å². The SMILES string of the molecule is COc1nc(-c2nc3n(n2)CCC[C@H]3c2cc(N3CCCCC3)ccc2F)ccc1-n1cnc(C)c1. The second-order valence-electron chi connectivity index (χ2n) is 9.61. The number of fused-ring (bicyclic) bond motifs is 1. The molecule has 36 heavy (non-hydrogen) atoms. The molecule has 9 heteroatoms. The van der Waals surface area contributed by atoms with E-state index in [1.54, 1.807) is 19.5 Å². The van der Waals surface area contributed by atoms with Gasteiger partial charge in [0.15, 0.2) is 5.82 Å². The number of aryl methyl sites for hydroxylation is 2. The van der Waals surface area contributed by atoms with Crippen LogP contribution in [0.4, 0.5) is 10.1 Å². The Morgan fingerprint density at radius 2 is 1.86 bits per heavy atom. The summed E-state index contributed by atoms with van der Waals surface area (Å²) >= 11 is 0. The number of hydrogen-bond acceptors (Lipinski definition) is 6. The van der Waals surface area contributed by atoms with Crippen LogP contribution < -0.4 is 9.64 Å². The number of pyridine rings is 1. The van der Waals surface area contributed by atoms with Crippen LogP contribution in [0.25, 0.3) is 17.2 Å². The Morgan fingerprint density at radius 1 is 1.00 bits per heavy atom. The molecule has 186 valence electrons. The van der Waals surface area contributed by atoms with Crippen LogP contribution in [0, 0.1) is 12.7 Å². The van der Waals surface area contributed by atoms with Crippen molar-refractivity contribution in [3.8, 4) is 23.1 Å². The number of halogens is 1. The third kappa shape index (κ3) is 4.12. The zero-order valence-corrected chi connectivity index (χ0v) is 20.7. The third-order valence-corrected chi connectivity index (χ3v) is 7.20. The fourth-order valence-corrected chi connectivity index (χ4v) is 5.36. The van der Waals surface area contributed by atoms with Crippen LogP contribution in [0.15, 0.2) is 42.9 Å². The van der Waals surface area contributed by atoms with E-state index in [9.17, 15) is 0 Å². The molecule has 1 saturated heterocycles. The van der Waals surface area contributed by atoms with Gasteiger partial charge in [0.05, 0.1) is 19.1 Å². The lowest BCUT2D eigenvalue weighted by Crippen LogP contribution is -2.29. The lowest BCUT2D eigenvalue weighted by Gasteiger charge is -2.30. The topological polar surface area (TPSA) is 73.9 Å². The normalized spacial score (nSPS) is 17.8. The van der Waals surface area contributed by atoms with E-state index in [0.29, 0.717) is 23.0 Å². The predicted octanol–water partition coefficient (Wildman–Crippen LogP) is 4.90. The largest absolute Gasteiger partial charge is 0.479 e. The number of anilines is 1. The number of piperidine rings is 1. The van der Waals surface area contributed by atoms with Crippen LogP contribution in [0.1, 0.15) is 55.1 Å². The van der Waals surface area contributed by atoms with E-state index >= 15 is 4.39 Å². The summed E-state index contributed by atoms with van der Waals surface area (Å²) < 4.78 is 24.5. The van der Waals surface area contributed by atoms with Gasteiger partial charge in [-0.2, -0.15) is 0 Å². The summed E-state index contributed by atoms with van der Waals surface area (Å²) in [6, 6.07) is 9.36. The van der Waals surface area contributed by atoms with Crippen molar-refractivity contribution in [2.75, 3.05) is 25.1 Å². The fraction of sp³-hybridized carbons (Fsp3) is 0.407. The number of nitrogens with zero attached hydrogens (tertiary/aromatic N) is 7. The molecule has 8 nitrogen and oxygen atoms in total. The molecule has 2 aliphatic rings. The van der Waals surface area contributed by atoms with E-state index in [-0.39, 0.29) is 11.7 Å². The van der Waals surface area contributed by atoms with E-state index in [1.165, 1.54) is 19.3 Å². The van der Waals surface area contributed by atoms with E-state index < -0.39 is 0 Å². The molecule has 0 amide bonds. The maximum atomic E-state index is 15.1. The number of hydrogen-bond donors (Lipinski definition) is 0. The van der Waals surface area contributed by atoms with E-state index in [4.69, 9.17) is 19.8 Å². The first-order valence-corrected chi connectivity index (χ1v) is 12.7. The number of aromatic nitrogens is 6. The summed E-state index contributed by atoms with van der Waals surface area (Å²) in [5, 5.41) is 4.76. The molecule has 4 aromatic rings. The maximum absolute atomic E-state index is 15.1. The zero-order chi connectivity index (χ0) is 24.6. The number of rotatable bonds is 5. The summed E-state index contributed by atoms with van der Waals surface area (Å²) in [6.07, 6.45) is 9.05. The quantitative estimate of drug-likeness (QED) is 0.399. The van der Waals surface area contributed by atoms with Crippen LogP contribution in [0.2, 0.25) is 0 Å². The van der Waals surface area contributed by atoms with Gasteiger partial charge in [-0.3, -0.25) is 0 Å². The molecule has 5 heterocycles. The van der Waals surface area contributed by atoms with Crippen molar-refractivity contribution in [2.45, 2.75) is 51.5 Å².